The maximum Gasteiger partial charge on any atom is 0.118 e. The van der Waals surface area contributed by atoms with Gasteiger partial charge in [-0.1, -0.05) is 32.4 Å². The third-order valence-electron chi connectivity index (χ3n) is 4.53. The Hall–Kier alpha value is -1.06. The van der Waals surface area contributed by atoms with Crippen molar-refractivity contribution >= 4 is 0 Å². The molecule has 118 valence electrons. The monoisotopic (exact) mass is 290 g/mol. The van der Waals surface area contributed by atoms with Crippen LogP contribution in [0.25, 0.3) is 0 Å². The Morgan fingerprint density at radius 1 is 1.24 bits per heavy atom. The number of hydrogen-bond acceptors (Lipinski definition) is 3. The predicted octanol–water partition coefficient (Wildman–Crippen LogP) is 3.25. The van der Waals surface area contributed by atoms with Crippen LogP contribution >= 0.6 is 0 Å². The molecule has 1 saturated heterocycles. The van der Waals surface area contributed by atoms with Crippen molar-refractivity contribution in [3.8, 4) is 5.75 Å². The Morgan fingerprint density at radius 2 is 1.95 bits per heavy atom. The number of likely N-dealkylation sites (tertiary alicyclic amines) is 1. The zero-order valence-corrected chi connectivity index (χ0v) is 13.7. The van der Waals surface area contributed by atoms with E-state index in [4.69, 9.17) is 10.5 Å². The number of piperidine rings is 1. The third kappa shape index (κ3) is 4.21. The number of nitrogens with zero attached hydrogens (tertiary/aromatic N) is 1. The fraction of sp³-hybridized carbons (Fsp3) is 0.667. The van der Waals surface area contributed by atoms with Crippen molar-refractivity contribution in [3.05, 3.63) is 29.8 Å². The summed E-state index contributed by atoms with van der Waals surface area (Å²) in [7, 11) is 1.71. The lowest BCUT2D eigenvalue weighted by Gasteiger charge is -2.41. The number of rotatable bonds is 6. The lowest BCUT2D eigenvalue weighted by atomic mass is 9.84. The molecule has 3 heteroatoms. The molecule has 0 aromatic heterocycles. The van der Waals surface area contributed by atoms with Crippen molar-refractivity contribution in [3.63, 3.8) is 0 Å². The molecule has 2 N–H and O–H groups in total. The van der Waals surface area contributed by atoms with E-state index in [1.165, 1.54) is 37.9 Å². The molecule has 1 heterocycles. The highest BCUT2D eigenvalue weighted by Gasteiger charge is 2.30. The van der Waals surface area contributed by atoms with Crippen LogP contribution in [-0.2, 0) is 0 Å². The van der Waals surface area contributed by atoms with Gasteiger partial charge in [0.25, 0.3) is 0 Å². The fourth-order valence-corrected chi connectivity index (χ4v) is 3.53. The summed E-state index contributed by atoms with van der Waals surface area (Å²) < 4.78 is 5.26. The van der Waals surface area contributed by atoms with Crippen molar-refractivity contribution in [1.29, 1.82) is 0 Å². The molecule has 0 bridgehead atoms. The van der Waals surface area contributed by atoms with Crippen molar-refractivity contribution in [2.75, 3.05) is 26.7 Å². The molecule has 3 nitrogen and oxygen atoms in total. The van der Waals surface area contributed by atoms with Gasteiger partial charge in [-0.25, -0.2) is 0 Å². The SMILES string of the molecule is COc1ccc(C(CN)C2CCCCN2CC(C)C)cc1. The summed E-state index contributed by atoms with van der Waals surface area (Å²) in [6, 6.07) is 9.04. The van der Waals surface area contributed by atoms with Crippen LogP contribution < -0.4 is 10.5 Å². The first-order chi connectivity index (χ1) is 10.2. The fourth-order valence-electron chi connectivity index (χ4n) is 3.53. The summed E-state index contributed by atoms with van der Waals surface area (Å²) in [5, 5.41) is 0. The highest BCUT2D eigenvalue weighted by Crippen LogP contribution is 2.31. The molecule has 1 fully saturated rings. The summed E-state index contributed by atoms with van der Waals surface area (Å²) in [4.78, 5) is 2.66. The molecule has 2 atom stereocenters. The van der Waals surface area contributed by atoms with E-state index in [0.717, 1.165) is 5.75 Å². The van der Waals surface area contributed by atoms with Crippen LogP contribution in [0.15, 0.2) is 24.3 Å². The second-order valence-corrected chi connectivity index (χ2v) is 6.57. The van der Waals surface area contributed by atoms with Gasteiger partial charge in [-0.3, -0.25) is 4.90 Å². The summed E-state index contributed by atoms with van der Waals surface area (Å²) >= 11 is 0. The first-order valence-corrected chi connectivity index (χ1v) is 8.23. The summed E-state index contributed by atoms with van der Waals surface area (Å²) in [6.45, 7) is 7.71. The second-order valence-electron chi connectivity index (χ2n) is 6.57. The molecular formula is C18H30N2O. The zero-order chi connectivity index (χ0) is 15.2. The molecule has 0 amide bonds. The van der Waals surface area contributed by atoms with E-state index in [2.05, 4.69) is 30.9 Å². The quantitative estimate of drug-likeness (QED) is 0.874. The van der Waals surface area contributed by atoms with Crippen molar-refractivity contribution < 1.29 is 4.74 Å². The summed E-state index contributed by atoms with van der Waals surface area (Å²) in [5.41, 5.74) is 7.49. The minimum absolute atomic E-state index is 0.426. The normalized spacial score (nSPS) is 21.5. The van der Waals surface area contributed by atoms with Crippen molar-refractivity contribution in [1.82, 2.24) is 4.90 Å². The number of methoxy groups -OCH3 is 1. The van der Waals surface area contributed by atoms with Crippen LogP contribution in [0.2, 0.25) is 0 Å². The van der Waals surface area contributed by atoms with E-state index in [1.54, 1.807) is 7.11 Å². The maximum absolute atomic E-state index is 6.14. The van der Waals surface area contributed by atoms with Gasteiger partial charge in [0.15, 0.2) is 0 Å². The highest BCUT2D eigenvalue weighted by molar-refractivity contribution is 5.30. The summed E-state index contributed by atoms with van der Waals surface area (Å²) in [6.07, 6.45) is 3.91. The average molecular weight is 290 g/mol. The maximum atomic E-state index is 6.14. The topological polar surface area (TPSA) is 38.5 Å². The third-order valence-corrected chi connectivity index (χ3v) is 4.53. The predicted molar refractivity (Wildman–Crippen MR) is 88.8 cm³/mol. The molecule has 1 aliphatic heterocycles. The minimum atomic E-state index is 0.426. The number of hydrogen-bond donors (Lipinski definition) is 1. The van der Waals surface area contributed by atoms with Gasteiger partial charge in [-0.15, -0.1) is 0 Å². The molecule has 1 aromatic rings. The van der Waals surface area contributed by atoms with Crippen LogP contribution in [0.3, 0.4) is 0 Å². The lowest BCUT2D eigenvalue weighted by Crippen LogP contribution is -2.46. The first-order valence-electron chi connectivity index (χ1n) is 8.23. The van der Waals surface area contributed by atoms with Crippen molar-refractivity contribution in [2.24, 2.45) is 11.7 Å². The molecule has 0 aliphatic carbocycles. The van der Waals surface area contributed by atoms with Gasteiger partial charge >= 0.3 is 0 Å². The minimum Gasteiger partial charge on any atom is -0.497 e. The lowest BCUT2D eigenvalue weighted by molar-refractivity contribution is 0.112. The number of nitrogens with two attached hydrogens (primary N) is 1. The van der Waals surface area contributed by atoms with E-state index in [-0.39, 0.29) is 0 Å². The van der Waals surface area contributed by atoms with E-state index in [0.29, 0.717) is 24.4 Å². The average Bonchev–Trinajstić information content (AvgIpc) is 2.50. The van der Waals surface area contributed by atoms with Gasteiger partial charge in [0.1, 0.15) is 5.75 Å². The van der Waals surface area contributed by atoms with Crippen LogP contribution in [0.4, 0.5) is 0 Å². The first kappa shape index (κ1) is 16.3. The molecule has 0 radical (unpaired) electrons. The van der Waals surface area contributed by atoms with E-state index >= 15 is 0 Å². The van der Waals surface area contributed by atoms with Gasteiger partial charge in [0.05, 0.1) is 7.11 Å². The van der Waals surface area contributed by atoms with Crippen LogP contribution in [-0.4, -0.2) is 37.7 Å². The van der Waals surface area contributed by atoms with Crippen LogP contribution in [0.1, 0.15) is 44.6 Å². The summed E-state index contributed by atoms with van der Waals surface area (Å²) in [5.74, 6) is 2.05. The molecule has 1 aromatic carbocycles. The van der Waals surface area contributed by atoms with Crippen LogP contribution in [0.5, 0.6) is 5.75 Å². The van der Waals surface area contributed by atoms with Gasteiger partial charge in [0, 0.05) is 25.0 Å². The largest absolute Gasteiger partial charge is 0.497 e. The Morgan fingerprint density at radius 3 is 2.52 bits per heavy atom. The molecule has 0 saturated carbocycles. The molecule has 2 rings (SSSR count). The zero-order valence-electron chi connectivity index (χ0n) is 13.7. The van der Waals surface area contributed by atoms with E-state index in [9.17, 15) is 0 Å². The van der Waals surface area contributed by atoms with Gasteiger partial charge in [-0.05, 0) is 43.0 Å². The van der Waals surface area contributed by atoms with Gasteiger partial charge < -0.3 is 10.5 Å². The Balaban J connectivity index is 2.16. The molecular weight excluding hydrogens is 260 g/mol. The smallest absolute Gasteiger partial charge is 0.118 e. The molecule has 0 spiro atoms. The van der Waals surface area contributed by atoms with E-state index in [1.807, 2.05) is 12.1 Å². The molecule has 1 aliphatic rings. The van der Waals surface area contributed by atoms with Crippen LogP contribution in [0, 0.1) is 5.92 Å². The Kier molecular flexibility index (Phi) is 6.07. The van der Waals surface area contributed by atoms with E-state index < -0.39 is 0 Å². The molecule has 21 heavy (non-hydrogen) atoms. The highest BCUT2D eigenvalue weighted by atomic mass is 16.5. The second kappa shape index (κ2) is 7.81. The standard InChI is InChI=1S/C18H30N2O/c1-14(2)13-20-11-5-4-6-18(20)17(12-19)15-7-9-16(21-3)10-8-15/h7-10,14,17-18H,4-6,11-13,19H2,1-3H3. The van der Waals surface area contributed by atoms with Crippen molar-refractivity contribution in [2.45, 2.75) is 45.1 Å². The number of ether oxygens (including phenoxy) is 1. The van der Waals surface area contributed by atoms with Gasteiger partial charge in [-0.2, -0.15) is 0 Å². The molecule has 2 unspecified atom stereocenters. The number of benzene rings is 1. The Labute approximate surface area is 129 Å². The Bertz CT molecular complexity index is 416. The van der Waals surface area contributed by atoms with Gasteiger partial charge in [0.2, 0.25) is 0 Å².